The second-order valence-electron chi connectivity index (χ2n) is 8.37. The quantitative estimate of drug-likeness (QED) is 0.790. The molecule has 0 bridgehead atoms. The summed E-state index contributed by atoms with van der Waals surface area (Å²) in [5, 5.41) is 3.92. The second-order valence-corrected chi connectivity index (χ2v) is 11.0. The lowest BCUT2D eigenvalue weighted by Gasteiger charge is -2.47. The molecule has 6 heteroatoms. The van der Waals surface area contributed by atoms with Crippen molar-refractivity contribution in [1.29, 1.82) is 0 Å². The van der Waals surface area contributed by atoms with Crippen molar-refractivity contribution in [2.45, 2.75) is 62.3 Å². The van der Waals surface area contributed by atoms with Gasteiger partial charge in [-0.2, -0.15) is 0 Å². The van der Waals surface area contributed by atoms with Gasteiger partial charge in [0.2, 0.25) is 5.91 Å². The van der Waals surface area contributed by atoms with E-state index in [-0.39, 0.29) is 22.1 Å². The number of anilines is 1. The summed E-state index contributed by atoms with van der Waals surface area (Å²) >= 11 is 3.15. The fraction of sp³-hybridized carbons (Fsp3) is 0.524. The van der Waals surface area contributed by atoms with Gasteiger partial charge >= 0.3 is 4.87 Å². The van der Waals surface area contributed by atoms with Crippen LogP contribution in [0.15, 0.2) is 40.2 Å². The van der Waals surface area contributed by atoms with E-state index in [1.807, 2.05) is 30.3 Å². The number of amides is 1. The maximum atomic E-state index is 12.7. The SMILES string of the molecule is C[C@@H]1CC[C@@H]2[C@@H](C1)c1sc(=O)n(CC(=O)Nc3ccccc3)c1SC2(C)C. The summed E-state index contributed by atoms with van der Waals surface area (Å²) < 4.78 is 1.78. The minimum atomic E-state index is -0.151. The first-order chi connectivity index (χ1) is 12.8. The molecule has 2 aliphatic rings. The van der Waals surface area contributed by atoms with Crippen LogP contribution in [0.1, 0.15) is 50.8 Å². The lowest BCUT2D eigenvalue weighted by Crippen LogP contribution is -2.39. The summed E-state index contributed by atoms with van der Waals surface area (Å²) in [5.41, 5.74) is 0.758. The Morgan fingerprint density at radius 1 is 1.26 bits per heavy atom. The Balaban J connectivity index is 1.63. The highest BCUT2D eigenvalue weighted by atomic mass is 32.2. The van der Waals surface area contributed by atoms with Gasteiger partial charge in [0.25, 0.3) is 0 Å². The fourth-order valence-electron chi connectivity index (χ4n) is 4.58. The molecule has 4 rings (SSSR count). The average Bonchev–Trinajstić information content (AvgIpc) is 2.91. The first kappa shape index (κ1) is 18.8. The first-order valence-corrected chi connectivity index (χ1v) is 11.3. The van der Waals surface area contributed by atoms with E-state index >= 15 is 0 Å². The number of rotatable bonds is 3. The fourth-order valence-corrected chi connectivity index (χ4v) is 7.39. The molecule has 2 aromatic rings. The van der Waals surface area contributed by atoms with Gasteiger partial charge in [0.15, 0.2) is 0 Å². The Hall–Kier alpha value is -1.53. The smallest absolute Gasteiger partial charge is 0.308 e. The Bertz CT molecular complexity index is 901. The number of thiazole rings is 1. The zero-order valence-corrected chi connectivity index (χ0v) is 17.7. The molecule has 144 valence electrons. The predicted molar refractivity (Wildman–Crippen MR) is 113 cm³/mol. The van der Waals surface area contributed by atoms with Gasteiger partial charge in [0.05, 0.1) is 5.03 Å². The van der Waals surface area contributed by atoms with Crippen LogP contribution in [0.2, 0.25) is 0 Å². The first-order valence-electron chi connectivity index (χ1n) is 9.62. The maximum Gasteiger partial charge on any atom is 0.308 e. The van der Waals surface area contributed by atoms with Crippen LogP contribution in [0.5, 0.6) is 0 Å². The lowest BCUT2D eigenvalue weighted by molar-refractivity contribution is -0.116. The standard InChI is InChI=1S/C21H26N2O2S2/c1-13-9-10-16-15(11-13)18-19(27-21(16,2)3)23(20(25)26-18)12-17(24)22-14-7-5-4-6-8-14/h4-8,13,15-16H,9-12H2,1-3H3,(H,22,24)/t13-,15-,16-/m1/s1. The molecule has 0 saturated heterocycles. The predicted octanol–water partition coefficient (Wildman–Crippen LogP) is 4.95. The molecule has 1 fully saturated rings. The molecular formula is C21H26N2O2S2. The molecule has 3 atom stereocenters. The third kappa shape index (κ3) is 3.61. The van der Waals surface area contributed by atoms with Crippen LogP contribution in [0.3, 0.4) is 0 Å². The van der Waals surface area contributed by atoms with E-state index in [0.29, 0.717) is 17.8 Å². The Morgan fingerprint density at radius 3 is 2.74 bits per heavy atom. The molecule has 2 heterocycles. The van der Waals surface area contributed by atoms with E-state index in [9.17, 15) is 9.59 Å². The number of carbonyl (C=O) groups is 1. The summed E-state index contributed by atoms with van der Waals surface area (Å²) in [6, 6.07) is 9.40. The Labute approximate surface area is 168 Å². The zero-order chi connectivity index (χ0) is 19.2. The number of nitrogens with one attached hydrogen (secondary N) is 1. The number of hydrogen-bond donors (Lipinski definition) is 1. The van der Waals surface area contributed by atoms with Crippen LogP contribution in [0, 0.1) is 11.8 Å². The molecule has 1 N–H and O–H groups in total. The maximum absolute atomic E-state index is 12.7. The number of thioether (sulfide) groups is 1. The number of fused-ring (bicyclic) bond motifs is 3. The number of carbonyl (C=O) groups excluding carboxylic acids is 1. The highest BCUT2D eigenvalue weighted by molar-refractivity contribution is 8.00. The van der Waals surface area contributed by atoms with E-state index in [4.69, 9.17) is 0 Å². The third-order valence-electron chi connectivity index (χ3n) is 5.93. The van der Waals surface area contributed by atoms with Gasteiger partial charge in [-0.25, -0.2) is 0 Å². The van der Waals surface area contributed by atoms with Crippen LogP contribution in [-0.2, 0) is 11.3 Å². The Kier molecular flexibility index (Phi) is 4.97. The lowest BCUT2D eigenvalue weighted by atomic mass is 9.69. The monoisotopic (exact) mass is 402 g/mol. The number of hydrogen-bond acceptors (Lipinski definition) is 4. The summed E-state index contributed by atoms with van der Waals surface area (Å²) in [7, 11) is 0. The molecule has 1 aliphatic heterocycles. The summed E-state index contributed by atoms with van der Waals surface area (Å²) in [6.07, 6.45) is 3.65. The molecule has 0 unspecified atom stereocenters. The van der Waals surface area contributed by atoms with Crippen LogP contribution in [-0.4, -0.2) is 15.2 Å². The van der Waals surface area contributed by atoms with E-state index < -0.39 is 0 Å². The number of nitrogens with zero attached hydrogens (tertiary/aromatic N) is 1. The highest BCUT2D eigenvalue weighted by Crippen LogP contribution is 2.58. The molecule has 4 nitrogen and oxygen atoms in total. The van der Waals surface area contributed by atoms with Crippen LogP contribution in [0.4, 0.5) is 5.69 Å². The number of benzene rings is 1. The van der Waals surface area contributed by atoms with E-state index in [2.05, 4.69) is 26.1 Å². The molecule has 1 aliphatic carbocycles. The normalized spacial score (nSPS) is 26.1. The molecule has 1 amide bonds. The van der Waals surface area contributed by atoms with E-state index in [1.54, 1.807) is 16.3 Å². The third-order valence-corrected chi connectivity index (χ3v) is 8.64. The number of para-hydroxylation sites is 1. The summed E-state index contributed by atoms with van der Waals surface area (Å²) in [6.45, 7) is 6.99. The number of aromatic nitrogens is 1. The molecule has 27 heavy (non-hydrogen) atoms. The molecule has 1 aromatic heterocycles. The minimum absolute atomic E-state index is 0.00890. The average molecular weight is 403 g/mol. The molecule has 0 radical (unpaired) electrons. The van der Waals surface area contributed by atoms with E-state index in [1.165, 1.54) is 29.1 Å². The molecule has 1 aromatic carbocycles. The van der Waals surface area contributed by atoms with Crippen molar-refractivity contribution < 1.29 is 4.79 Å². The molecular weight excluding hydrogens is 376 g/mol. The summed E-state index contributed by atoms with van der Waals surface area (Å²) in [5.74, 6) is 1.61. The van der Waals surface area contributed by atoms with Gasteiger partial charge in [-0.1, -0.05) is 56.7 Å². The highest BCUT2D eigenvalue weighted by Gasteiger charge is 2.47. The molecule has 1 saturated carbocycles. The van der Waals surface area contributed by atoms with E-state index in [0.717, 1.165) is 17.1 Å². The van der Waals surface area contributed by atoms with Crippen molar-refractivity contribution in [3.05, 3.63) is 44.9 Å². The Morgan fingerprint density at radius 2 is 2.00 bits per heavy atom. The largest absolute Gasteiger partial charge is 0.325 e. The molecule has 0 spiro atoms. The summed E-state index contributed by atoms with van der Waals surface area (Å²) in [4.78, 5) is 26.5. The van der Waals surface area contributed by atoms with Crippen molar-refractivity contribution in [1.82, 2.24) is 4.57 Å². The van der Waals surface area contributed by atoms with Gasteiger partial charge in [0, 0.05) is 21.2 Å². The van der Waals surface area contributed by atoms with Crippen molar-refractivity contribution in [3.8, 4) is 0 Å². The topological polar surface area (TPSA) is 51.1 Å². The van der Waals surface area contributed by atoms with Crippen LogP contribution in [0.25, 0.3) is 0 Å². The van der Waals surface area contributed by atoms with Gasteiger partial charge < -0.3 is 5.32 Å². The van der Waals surface area contributed by atoms with Crippen LogP contribution < -0.4 is 10.2 Å². The van der Waals surface area contributed by atoms with Crippen molar-refractivity contribution in [2.24, 2.45) is 11.8 Å². The second kappa shape index (κ2) is 7.13. The zero-order valence-electron chi connectivity index (χ0n) is 16.0. The van der Waals surface area contributed by atoms with Gasteiger partial charge in [-0.3, -0.25) is 14.2 Å². The van der Waals surface area contributed by atoms with Gasteiger partial charge in [0.1, 0.15) is 6.54 Å². The van der Waals surface area contributed by atoms with Gasteiger partial charge in [-0.15, -0.1) is 11.8 Å². The van der Waals surface area contributed by atoms with Crippen molar-refractivity contribution >= 4 is 34.7 Å². The minimum Gasteiger partial charge on any atom is -0.325 e. The van der Waals surface area contributed by atoms with Crippen LogP contribution >= 0.6 is 23.1 Å². The van der Waals surface area contributed by atoms with Gasteiger partial charge in [-0.05, 0) is 36.8 Å². The van der Waals surface area contributed by atoms with Crippen molar-refractivity contribution in [2.75, 3.05) is 5.32 Å². The van der Waals surface area contributed by atoms with Crippen molar-refractivity contribution in [3.63, 3.8) is 0 Å².